The Morgan fingerprint density at radius 3 is 2.48 bits per heavy atom. The molecule has 2 aromatic rings. The SMILES string of the molecule is CNC1=Nc2ccc(NC)nc2C(c2ccccc2)=NC1. The molecule has 5 nitrogen and oxygen atoms in total. The first-order valence-corrected chi connectivity index (χ1v) is 6.86. The number of amidine groups is 1. The Labute approximate surface area is 123 Å². The van der Waals surface area contributed by atoms with Crippen LogP contribution < -0.4 is 10.6 Å². The Kier molecular flexibility index (Phi) is 3.64. The van der Waals surface area contributed by atoms with E-state index in [1.54, 1.807) is 0 Å². The highest BCUT2D eigenvalue weighted by molar-refractivity contribution is 6.16. The van der Waals surface area contributed by atoms with Gasteiger partial charge in [-0.25, -0.2) is 9.98 Å². The van der Waals surface area contributed by atoms with Crippen molar-refractivity contribution in [1.29, 1.82) is 0 Å². The third kappa shape index (κ3) is 2.63. The number of nitrogens with zero attached hydrogens (tertiary/aromatic N) is 3. The fourth-order valence-electron chi connectivity index (χ4n) is 2.22. The number of nitrogens with one attached hydrogen (secondary N) is 2. The molecule has 3 rings (SSSR count). The largest absolute Gasteiger partial charge is 0.375 e. The maximum absolute atomic E-state index is 4.70. The van der Waals surface area contributed by atoms with Gasteiger partial charge in [0, 0.05) is 19.7 Å². The molecule has 0 amide bonds. The van der Waals surface area contributed by atoms with Gasteiger partial charge >= 0.3 is 0 Å². The van der Waals surface area contributed by atoms with Crippen molar-refractivity contribution in [3.63, 3.8) is 0 Å². The lowest BCUT2D eigenvalue weighted by molar-refractivity contribution is 1.10. The summed E-state index contributed by atoms with van der Waals surface area (Å²) in [6.45, 7) is 0.520. The summed E-state index contributed by atoms with van der Waals surface area (Å²) in [5.74, 6) is 1.64. The van der Waals surface area contributed by atoms with Crippen molar-refractivity contribution in [1.82, 2.24) is 10.3 Å². The zero-order chi connectivity index (χ0) is 14.7. The number of aromatic nitrogens is 1. The van der Waals surface area contributed by atoms with E-state index in [4.69, 9.17) is 4.99 Å². The summed E-state index contributed by atoms with van der Waals surface area (Å²) >= 11 is 0. The molecule has 21 heavy (non-hydrogen) atoms. The van der Waals surface area contributed by atoms with Crippen molar-refractivity contribution in [3.8, 4) is 0 Å². The van der Waals surface area contributed by atoms with E-state index in [9.17, 15) is 0 Å². The number of rotatable bonds is 2. The van der Waals surface area contributed by atoms with Gasteiger partial charge < -0.3 is 10.6 Å². The average molecular weight is 279 g/mol. The van der Waals surface area contributed by atoms with Crippen LogP contribution in [0.5, 0.6) is 0 Å². The number of pyridine rings is 1. The highest BCUT2D eigenvalue weighted by atomic mass is 15.0. The monoisotopic (exact) mass is 279 g/mol. The molecule has 1 aromatic heterocycles. The first-order valence-electron chi connectivity index (χ1n) is 6.86. The topological polar surface area (TPSA) is 61.7 Å². The third-order valence-electron chi connectivity index (χ3n) is 3.33. The Morgan fingerprint density at radius 2 is 1.76 bits per heavy atom. The quantitative estimate of drug-likeness (QED) is 0.886. The molecule has 0 fully saturated rings. The van der Waals surface area contributed by atoms with Crippen LogP contribution in [0.15, 0.2) is 52.4 Å². The van der Waals surface area contributed by atoms with Crippen LogP contribution in [0.2, 0.25) is 0 Å². The lowest BCUT2D eigenvalue weighted by Crippen LogP contribution is -2.20. The molecule has 1 aliphatic heterocycles. The minimum atomic E-state index is 0.520. The predicted molar refractivity (Wildman–Crippen MR) is 86.9 cm³/mol. The standard InChI is InChI=1S/C16H17N5/c1-17-13-9-8-12-16(21-13)15(11-6-4-3-5-7-11)19-10-14(18-2)20-12/h3-9H,10H2,1-2H3,(H,17,21)(H,18,20). The van der Waals surface area contributed by atoms with Gasteiger partial charge in [-0.2, -0.15) is 0 Å². The Bertz CT molecular complexity index is 704. The molecule has 0 radical (unpaired) electrons. The van der Waals surface area contributed by atoms with E-state index < -0.39 is 0 Å². The second kappa shape index (κ2) is 5.75. The van der Waals surface area contributed by atoms with E-state index >= 15 is 0 Å². The molecule has 0 spiro atoms. The molecule has 2 heterocycles. The average Bonchev–Trinajstić information content (AvgIpc) is 2.74. The normalized spacial score (nSPS) is 13.6. The molecule has 1 aliphatic rings. The van der Waals surface area contributed by atoms with Gasteiger partial charge in [0.1, 0.15) is 17.3 Å². The highest BCUT2D eigenvalue weighted by Gasteiger charge is 2.17. The van der Waals surface area contributed by atoms with E-state index in [0.717, 1.165) is 34.3 Å². The molecule has 0 saturated carbocycles. The fourth-order valence-corrected chi connectivity index (χ4v) is 2.22. The van der Waals surface area contributed by atoms with Crippen LogP contribution in [0.4, 0.5) is 11.5 Å². The second-order valence-electron chi connectivity index (χ2n) is 4.65. The van der Waals surface area contributed by atoms with Crippen LogP contribution in [-0.4, -0.2) is 37.2 Å². The summed E-state index contributed by atoms with van der Waals surface area (Å²) in [4.78, 5) is 13.9. The van der Waals surface area contributed by atoms with E-state index in [-0.39, 0.29) is 0 Å². The minimum absolute atomic E-state index is 0.520. The summed E-state index contributed by atoms with van der Waals surface area (Å²) in [5, 5.41) is 6.15. The molecular weight excluding hydrogens is 262 g/mol. The summed E-state index contributed by atoms with van der Waals surface area (Å²) in [6.07, 6.45) is 0. The zero-order valence-electron chi connectivity index (χ0n) is 12.1. The zero-order valence-corrected chi connectivity index (χ0v) is 12.1. The fraction of sp³-hybridized carbons (Fsp3) is 0.188. The molecule has 106 valence electrons. The van der Waals surface area contributed by atoms with Gasteiger partial charge in [0.05, 0.1) is 17.9 Å². The molecule has 1 aromatic carbocycles. The number of benzene rings is 1. The van der Waals surface area contributed by atoms with E-state index in [1.807, 2.05) is 56.6 Å². The predicted octanol–water partition coefficient (Wildman–Crippen LogP) is 2.22. The van der Waals surface area contributed by atoms with Gasteiger partial charge in [-0.3, -0.25) is 4.99 Å². The number of anilines is 1. The van der Waals surface area contributed by atoms with E-state index in [0.29, 0.717) is 6.54 Å². The molecule has 0 atom stereocenters. The maximum atomic E-state index is 4.70. The van der Waals surface area contributed by atoms with E-state index in [2.05, 4.69) is 20.6 Å². The molecule has 0 aliphatic carbocycles. The molecular formula is C16H17N5. The lowest BCUT2D eigenvalue weighted by atomic mass is 10.1. The van der Waals surface area contributed by atoms with Crippen molar-refractivity contribution in [2.75, 3.05) is 26.0 Å². The smallest absolute Gasteiger partial charge is 0.126 e. The Morgan fingerprint density at radius 1 is 0.952 bits per heavy atom. The molecule has 0 saturated heterocycles. The van der Waals surface area contributed by atoms with Crippen molar-refractivity contribution in [2.24, 2.45) is 9.98 Å². The van der Waals surface area contributed by atoms with Crippen LogP contribution in [-0.2, 0) is 0 Å². The first-order chi connectivity index (χ1) is 10.3. The van der Waals surface area contributed by atoms with Crippen molar-refractivity contribution >= 4 is 23.1 Å². The van der Waals surface area contributed by atoms with Gasteiger partial charge in [-0.05, 0) is 12.1 Å². The van der Waals surface area contributed by atoms with Crippen LogP contribution in [0.25, 0.3) is 0 Å². The van der Waals surface area contributed by atoms with Crippen LogP contribution in [0, 0.1) is 0 Å². The number of hydrogen-bond donors (Lipinski definition) is 2. The molecule has 0 bridgehead atoms. The van der Waals surface area contributed by atoms with Crippen molar-refractivity contribution in [3.05, 3.63) is 53.7 Å². The molecule has 5 heteroatoms. The van der Waals surface area contributed by atoms with Gasteiger partial charge in [0.2, 0.25) is 0 Å². The molecule has 0 unspecified atom stereocenters. The van der Waals surface area contributed by atoms with Gasteiger partial charge in [0.15, 0.2) is 0 Å². The first kappa shape index (κ1) is 13.3. The summed E-state index contributed by atoms with van der Waals surface area (Å²) in [7, 11) is 3.71. The van der Waals surface area contributed by atoms with E-state index in [1.165, 1.54) is 0 Å². The maximum Gasteiger partial charge on any atom is 0.126 e. The van der Waals surface area contributed by atoms with Crippen LogP contribution in [0.3, 0.4) is 0 Å². The molecule has 2 N–H and O–H groups in total. The number of aliphatic imine (C=N–C) groups is 2. The summed E-state index contributed by atoms with van der Waals surface area (Å²) in [6, 6.07) is 14.0. The highest BCUT2D eigenvalue weighted by Crippen LogP contribution is 2.25. The Balaban J connectivity index is 2.18. The number of likely N-dealkylation sites (N-methyl/N-ethyl adjacent to an activating group) is 1. The Hall–Kier alpha value is -2.69. The van der Waals surface area contributed by atoms with Gasteiger partial charge in [-0.1, -0.05) is 30.3 Å². The van der Waals surface area contributed by atoms with Crippen LogP contribution in [0.1, 0.15) is 11.3 Å². The summed E-state index contributed by atoms with van der Waals surface area (Å²) in [5.41, 5.74) is 3.56. The second-order valence-corrected chi connectivity index (χ2v) is 4.65. The lowest BCUT2D eigenvalue weighted by Gasteiger charge is -2.09. The third-order valence-corrected chi connectivity index (χ3v) is 3.33. The van der Waals surface area contributed by atoms with Gasteiger partial charge in [0.25, 0.3) is 0 Å². The number of fused-ring (bicyclic) bond motifs is 1. The van der Waals surface area contributed by atoms with Crippen molar-refractivity contribution in [2.45, 2.75) is 0 Å². The van der Waals surface area contributed by atoms with Crippen molar-refractivity contribution < 1.29 is 0 Å². The van der Waals surface area contributed by atoms with Gasteiger partial charge in [-0.15, -0.1) is 0 Å². The van der Waals surface area contributed by atoms with Crippen LogP contribution >= 0.6 is 0 Å². The number of hydrogen-bond acceptors (Lipinski definition) is 5. The minimum Gasteiger partial charge on any atom is -0.375 e. The summed E-state index contributed by atoms with van der Waals surface area (Å²) < 4.78 is 0.